The number of aliphatic hydroxyl groups excluding tert-OH is 1. The molecule has 0 aromatic heterocycles. The Balaban J connectivity index is 1.88. The standard InChI is InChI=1S/C17H19ClN2O2/c1-11-6-7-15(8-12(11)2)20-17(22)19-10-16(21)13-4-3-5-14(18)9-13/h3-9,16,21H,10H2,1-2H3,(H2,19,20,22). The lowest BCUT2D eigenvalue weighted by molar-refractivity contribution is 0.175. The van der Waals surface area contributed by atoms with Gasteiger partial charge >= 0.3 is 6.03 Å². The molecule has 0 aliphatic rings. The molecule has 0 heterocycles. The maximum atomic E-state index is 11.9. The van der Waals surface area contributed by atoms with Gasteiger partial charge in [-0.2, -0.15) is 0 Å². The summed E-state index contributed by atoms with van der Waals surface area (Å²) in [4.78, 5) is 11.9. The van der Waals surface area contributed by atoms with Crippen molar-refractivity contribution in [3.8, 4) is 0 Å². The van der Waals surface area contributed by atoms with E-state index in [9.17, 15) is 9.90 Å². The Kier molecular flexibility index (Phi) is 5.41. The van der Waals surface area contributed by atoms with E-state index < -0.39 is 6.10 Å². The lowest BCUT2D eigenvalue weighted by Gasteiger charge is -2.13. The van der Waals surface area contributed by atoms with E-state index in [1.165, 1.54) is 5.56 Å². The highest BCUT2D eigenvalue weighted by atomic mass is 35.5. The van der Waals surface area contributed by atoms with Crippen LogP contribution in [0.5, 0.6) is 0 Å². The molecule has 0 aliphatic heterocycles. The normalized spacial score (nSPS) is 11.8. The summed E-state index contributed by atoms with van der Waals surface area (Å²) in [5, 5.41) is 16.0. The summed E-state index contributed by atoms with van der Waals surface area (Å²) < 4.78 is 0. The fourth-order valence-electron chi connectivity index (χ4n) is 2.02. The summed E-state index contributed by atoms with van der Waals surface area (Å²) >= 11 is 5.88. The van der Waals surface area contributed by atoms with Crippen molar-refractivity contribution >= 4 is 23.3 Å². The number of halogens is 1. The number of aryl methyl sites for hydroxylation is 2. The van der Waals surface area contributed by atoms with Crippen molar-refractivity contribution in [2.75, 3.05) is 11.9 Å². The van der Waals surface area contributed by atoms with Crippen molar-refractivity contribution in [1.29, 1.82) is 0 Å². The van der Waals surface area contributed by atoms with E-state index in [0.717, 1.165) is 11.3 Å². The highest BCUT2D eigenvalue weighted by Gasteiger charge is 2.10. The number of benzene rings is 2. The van der Waals surface area contributed by atoms with Crippen LogP contribution in [0.2, 0.25) is 5.02 Å². The molecular weight excluding hydrogens is 300 g/mol. The smallest absolute Gasteiger partial charge is 0.319 e. The molecule has 2 rings (SSSR count). The molecule has 2 aromatic carbocycles. The zero-order valence-electron chi connectivity index (χ0n) is 12.6. The predicted molar refractivity (Wildman–Crippen MR) is 89.3 cm³/mol. The van der Waals surface area contributed by atoms with Gasteiger partial charge in [0.2, 0.25) is 0 Å². The van der Waals surface area contributed by atoms with Crippen LogP contribution in [0.4, 0.5) is 10.5 Å². The summed E-state index contributed by atoms with van der Waals surface area (Å²) in [6.07, 6.45) is -0.802. The number of urea groups is 1. The summed E-state index contributed by atoms with van der Waals surface area (Å²) in [6.45, 7) is 4.11. The second-order valence-corrected chi connectivity index (χ2v) is 5.64. The van der Waals surface area contributed by atoms with Crippen molar-refractivity contribution in [3.63, 3.8) is 0 Å². The Hall–Kier alpha value is -2.04. The number of aliphatic hydroxyl groups is 1. The van der Waals surface area contributed by atoms with Crippen LogP contribution < -0.4 is 10.6 Å². The van der Waals surface area contributed by atoms with Gasteiger partial charge in [-0.3, -0.25) is 0 Å². The Morgan fingerprint density at radius 3 is 2.64 bits per heavy atom. The van der Waals surface area contributed by atoms with Crippen LogP contribution >= 0.6 is 11.6 Å². The van der Waals surface area contributed by atoms with E-state index >= 15 is 0 Å². The second-order valence-electron chi connectivity index (χ2n) is 5.20. The van der Waals surface area contributed by atoms with Gasteiger partial charge in [0.25, 0.3) is 0 Å². The van der Waals surface area contributed by atoms with Crippen LogP contribution in [-0.2, 0) is 0 Å². The van der Waals surface area contributed by atoms with Crippen molar-refractivity contribution in [2.45, 2.75) is 20.0 Å². The Bertz CT molecular complexity index is 673. The van der Waals surface area contributed by atoms with E-state index in [1.54, 1.807) is 24.3 Å². The Labute approximate surface area is 135 Å². The highest BCUT2D eigenvalue weighted by molar-refractivity contribution is 6.30. The molecule has 3 N–H and O–H groups in total. The Morgan fingerprint density at radius 1 is 1.18 bits per heavy atom. The second kappa shape index (κ2) is 7.29. The number of nitrogens with one attached hydrogen (secondary N) is 2. The Morgan fingerprint density at radius 2 is 1.95 bits per heavy atom. The third-order valence-electron chi connectivity index (χ3n) is 3.45. The molecule has 0 saturated heterocycles. The molecule has 5 heteroatoms. The first-order chi connectivity index (χ1) is 10.5. The van der Waals surface area contributed by atoms with E-state index in [4.69, 9.17) is 11.6 Å². The first kappa shape index (κ1) is 16.3. The van der Waals surface area contributed by atoms with Gasteiger partial charge in [0.05, 0.1) is 6.10 Å². The fourth-order valence-corrected chi connectivity index (χ4v) is 2.21. The van der Waals surface area contributed by atoms with Crippen molar-refractivity contribution < 1.29 is 9.90 Å². The molecule has 0 radical (unpaired) electrons. The number of amides is 2. The SMILES string of the molecule is Cc1ccc(NC(=O)NCC(O)c2cccc(Cl)c2)cc1C. The minimum atomic E-state index is -0.802. The summed E-state index contributed by atoms with van der Waals surface area (Å²) in [5.41, 5.74) is 3.66. The van der Waals surface area contributed by atoms with Crippen molar-refractivity contribution in [3.05, 3.63) is 64.2 Å². The minimum Gasteiger partial charge on any atom is -0.387 e. The molecule has 0 aliphatic carbocycles. The van der Waals surface area contributed by atoms with Crippen LogP contribution in [0.15, 0.2) is 42.5 Å². The predicted octanol–water partition coefficient (Wildman–Crippen LogP) is 3.81. The fraction of sp³-hybridized carbons (Fsp3) is 0.235. The summed E-state index contributed by atoms with van der Waals surface area (Å²) in [7, 11) is 0. The maximum Gasteiger partial charge on any atom is 0.319 e. The zero-order valence-corrected chi connectivity index (χ0v) is 13.3. The summed E-state index contributed by atoms with van der Waals surface area (Å²) in [5.74, 6) is 0. The molecule has 0 saturated carbocycles. The number of hydrogen-bond donors (Lipinski definition) is 3. The molecule has 0 spiro atoms. The lowest BCUT2D eigenvalue weighted by atomic mass is 10.1. The van der Waals surface area contributed by atoms with Crippen LogP contribution in [0.3, 0.4) is 0 Å². The van der Waals surface area contributed by atoms with E-state index in [1.807, 2.05) is 32.0 Å². The van der Waals surface area contributed by atoms with Gasteiger partial charge in [-0.05, 0) is 54.8 Å². The third kappa shape index (κ3) is 4.48. The first-order valence-electron chi connectivity index (χ1n) is 7.01. The molecule has 2 amide bonds. The van der Waals surface area contributed by atoms with E-state index in [2.05, 4.69) is 10.6 Å². The van der Waals surface area contributed by atoms with Gasteiger partial charge in [-0.15, -0.1) is 0 Å². The van der Waals surface area contributed by atoms with Crippen molar-refractivity contribution in [2.24, 2.45) is 0 Å². The third-order valence-corrected chi connectivity index (χ3v) is 3.69. The average molecular weight is 319 g/mol. The van der Waals surface area contributed by atoms with Gasteiger partial charge in [0, 0.05) is 17.3 Å². The van der Waals surface area contributed by atoms with Gasteiger partial charge in [-0.1, -0.05) is 29.8 Å². The number of rotatable bonds is 4. The van der Waals surface area contributed by atoms with Crippen LogP contribution in [-0.4, -0.2) is 17.7 Å². The van der Waals surface area contributed by atoms with E-state index in [-0.39, 0.29) is 12.6 Å². The number of carbonyl (C=O) groups excluding carboxylic acids is 1. The van der Waals surface area contributed by atoms with Gasteiger partial charge < -0.3 is 15.7 Å². The number of carbonyl (C=O) groups is 1. The molecule has 116 valence electrons. The average Bonchev–Trinajstić information content (AvgIpc) is 2.48. The zero-order chi connectivity index (χ0) is 16.1. The van der Waals surface area contributed by atoms with Crippen LogP contribution in [0.25, 0.3) is 0 Å². The molecule has 22 heavy (non-hydrogen) atoms. The monoisotopic (exact) mass is 318 g/mol. The molecule has 4 nitrogen and oxygen atoms in total. The maximum absolute atomic E-state index is 11.9. The number of anilines is 1. The van der Waals surface area contributed by atoms with E-state index in [0.29, 0.717) is 10.6 Å². The molecular formula is C17H19ClN2O2. The molecule has 0 fully saturated rings. The minimum absolute atomic E-state index is 0.108. The summed E-state index contributed by atoms with van der Waals surface area (Å²) in [6, 6.07) is 12.3. The van der Waals surface area contributed by atoms with Gasteiger partial charge in [0.15, 0.2) is 0 Å². The largest absolute Gasteiger partial charge is 0.387 e. The molecule has 1 unspecified atom stereocenters. The first-order valence-corrected chi connectivity index (χ1v) is 7.39. The van der Waals surface area contributed by atoms with Gasteiger partial charge in [0.1, 0.15) is 0 Å². The lowest BCUT2D eigenvalue weighted by Crippen LogP contribution is -2.32. The topological polar surface area (TPSA) is 61.4 Å². The quantitative estimate of drug-likeness (QED) is 0.802. The van der Waals surface area contributed by atoms with Crippen LogP contribution in [0, 0.1) is 13.8 Å². The number of hydrogen-bond acceptors (Lipinski definition) is 2. The highest BCUT2D eigenvalue weighted by Crippen LogP contribution is 2.17. The van der Waals surface area contributed by atoms with Gasteiger partial charge in [-0.25, -0.2) is 4.79 Å². The molecule has 1 atom stereocenters. The molecule has 2 aromatic rings. The molecule has 0 bridgehead atoms. The van der Waals surface area contributed by atoms with Crippen LogP contribution in [0.1, 0.15) is 22.8 Å². The van der Waals surface area contributed by atoms with Crippen molar-refractivity contribution in [1.82, 2.24) is 5.32 Å².